The van der Waals surface area contributed by atoms with Crippen molar-refractivity contribution in [2.45, 2.75) is 12.8 Å². The number of oxazole rings is 1. The first-order valence-corrected chi connectivity index (χ1v) is 9.40. The fourth-order valence-corrected chi connectivity index (χ4v) is 2.78. The summed E-state index contributed by atoms with van der Waals surface area (Å²) >= 11 is 5.70. The highest BCUT2D eigenvalue weighted by Crippen LogP contribution is 2.28. The number of rotatable bonds is 8. The van der Waals surface area contributed by atoms with Crippen molar-refractivity contribution in [2.24, 2.45) is 0 Å². The molecule has 0 aliphatic heterocycles. The zero-order valence-corrected chi connectivity index (χ0v) is 16.9. The third-order valence-corrected chi connectivity index (χ3v) is 4.32. The summed E-state index contributed by atoms with van der Waals surface area (Å²) in [6.45, 7) is -0.670. The lowest BCUT2D eigenvalue weighted by Crippen LogP contribution is -2.21. The second-order valence-corrected chi connectivity index (χ2v) is 6.81. The Bertz CT molecular complexity index is 1180. The molecule has 9 nitrogen and oxygen atoms in total. The summed E-state index contributed by atoms with van der Waals surface area (Å²) in [5, 5.41) is 13.4. The topological polar surface area (TPSA) is 125 Å². The first kappa shape index (κ1) is 22.8. The molecular formula is C20H14ClF2N3O6. The van der Waals surface area contributed by atoms with Crippen LogP contribution in [0.5, 0.6) is 0 Å². The molecule has 1 aromatic heterocycles. The van der Waals surface area contributed by atoms with Gasteiger partial charge in [-0.3, -0.25) is 19.7 Å². The Morgan fingerprint density at radius 3 is 2.72 bits per heavy atom. The van der Waals surface area contributed by atoms with Crippen LogP contribution in [0.4, 0.5) is 20.2 Å². The largest absolute Gasteiger partial charge is 0.456 e. The van der Waals surface area contributed by atoms with Gasteiger partial charge in [0.05, 0.1) is 23.1 Å². The van der Waals surface area contributed by atoms with Crippen LogP contribution in [0.3, 0.4) is 0 Å². The molecule has 0 bridgehead atoms. The number of aromatic nitrogens is 1. The zero-order valence-electron chi connectivity index (χ0n) is 16.1. The van der Waals surface area contributed by atoms with Crippen molar-refractivity contribution in [1.82, 2.24) is 4.98 Å². The van der Waals surface area contributed by atoms with Crippen molar-refractivity contribution < 1.29 is 32.4 Å². The van der Waals surface area contributed by atoms with Gasteiger partial charge in [-0.15, -0.1) is 0 Å². The highest BCUT2D eigenvalue weighted by molar-refractivity contribution is 6.31. The molecule has 0 aliphatic rings. The maximum Gasteiger partial charge on any atom is 0.306 e. The van der Waals surface area contributed by atoms with E-state index in [9.17, 15) is 28.5 Å². The number of nitrogens with zero attached hydrogens (tertiary/aromatic N) is 2. The number of hydrogen-bond donors (Lipinski definition) is 1. The van der Waals surface area contributed by atoms with E-state index in [-0.39, 0.29) is 40.8 Å². The van der Waals surface area contributed by atoms with E-state index in [1.807, 2.05) is 0 Å². The van der Waals surface area contributed by atoms with E-state index in [0.717, 1.165) is 12.1 Å². The number of hydrogen-bond acceptors (Lipinski definition) is 7. The maximum absolute atomic E-state index is 13.8. The molecule has 0 aliphatic carbocycles. The molecule has 0 saturated carbocycles. The van der Waals surface area contributed by atoms with Crippen LogP contribution in [-0.2, 0) is 20.7 Å². The summed E-state index contributed by atoms with van der Waals surface area (Å²) in [7, 11) is 0. The zero-order chi connectivity index (χ0) is 23.3. The van der Waals surface area contributed by atoms with Crippen LogP contribution in [0.25, 0.3) is 11.3 Å². The van der Waals surface area contributed by atoms with Gasteiger partial charge in [0.1, 0.15) is 17.3 Å². The average Bonchev–Trinajstić information content (AvgIpc) is 3.20. The van der Waals surface area contributed by atoms with E-state index in [1.165, 1.54) is 24.4 Å². The summed E-state index contributed by atoms with van der Waals surface area (Å²) in [6.07, 6.45) is 1.05. The lowest BCUT2D eigenvalue weighted by atomic mass is 10.2. The van der Waals surface area contributed by atoms with Crippen LogP contribution in [0.1, 0.15) is 12.3 Å². The van der Waals surface area contributed by atoms with Crippen molar-refractivity contribution in [1.29, 1.82) is 0 Å². The molecule has 1 N–H and O–H groups in total. The Morgan fingerprint density at radius 1 is 1.22 bits per heavy atom. The Labute approximate surface area is 184 Å². The summed E-state index contributed by atoms with van der Waals surface area (Å²) in [4.78, 5) is 38.0. The molecule has 32 heavy (non-hydrogen) atoms. The second-order valence-electron chi connectivity index (χ2n) is 6.37. The Morgan fingerprint density at radius 2 is 2.00 bits per heavy atom. The number of benzene rings is 2. The number of nitro groups is 1. The van der Waals surface area contributed by atoms with E-state index in [2.05, 4.69) is 10.3 Å². The van der Waals surface area contributed by atoms with Gasteiger partial charge in [-0.25, -0.2) is 13.8 Å². The molecule has 0 atom stereocenters. The van der Waals surface area contributed by atoms with Gasteiger partial charge in [0.25, 0.3) is 11.6 Å². The molecule has 3 aromatic rings. The van der Waals surface area contributed by atoms with Crippen molar-refractivity contribution in [3.05, 3.63) is 75.3 Å². The fourth-order valence-electron chi connectivity index (χ4n) is 2.61. The number of carbonyl (C=O) groups excluding carboxylic acids is 2. The predicted molar refractivity (Wildman–Crippen MR) is 108 cm³/mol. The standard InChI is InChI=1S/C20H14ClF2N3O6/c21-11-1-4-15(16(7-11)26(29)30)25-18(27)10-31-20(28)6-5-19-24-9-17(32-19)13-3-2-12(22)8-14(13)23/h1-4,7-9H,5-6,10H2,(H,25,27). The van der Waals surface area contributed by atoms with E-state index < -0.39 is 40.7 Å². The lowest BCUT2D eigenvalue weighted by molar-refractivity contribution is -0.383. The van der Waals surface area contributed by atoms with Crippen LogP contribution in [0.15, 0.2) is 47.0 Å². The number of nitro benzene ring substituents is 1. The number of esters is 1. The molecule has 0 unspecified atom stereocenters. The van der Waals surface area contributed by atoms with Gasteiger partial charge in [0, 0.05) is 23.6 Å². The van der Waals surface area contributed by atoms with Crippen molar-refractivity contribution >= 4 is 34.9 Å². The molecule has 1 heterocycles. The van der Waals surface area contributed by atoms with E-state index in [4.69, 9.17) is 20.8 Å². The van der Waals surface area contributed by atoms with Gasteiger partial charge in [-0.05, 0) is 24.3 Å². The number of halogens is 3. The molecular weight excluding hydrogens is 452 g/mol. The molecule has 2 aromatic carbocycles. The smallest absolute Gasteiger partial charge is 0.306 e. The minimum Gasteiger partial charge on any atom is -0.456 e. The first-order chi connectivity index (χ1) is 15.2. The highest BCUT2D eigenvalue weighted by Gasteiger charge is 2.18. The second kappa shape index (κ2) is 9.96. The number of amides is 1. The van der Waals surface area contributed by atoms with Crippen molar-refractivity contribution in [3.63, 3.8) is 0 Å². The minimum atomic E-state index is -0.820. The predicted octanol–water partition coefficient (Wildman–Crippen LogP) is 4.30. The lowest BCUT2D eigenvalue weighted by Gasteiger charge is -2.07. The third kappa shape index (κ3) is 5.85. The Balaban J connectivity index is 1.49. The Kier molecular flexibility index (Phi) is 7.11. The quantitative estimate of drug-likeness (QED) is 0.299. The van der Waals surface area contributed by atoms with Crippen LogP contribution in [0.2, 0.25) is 5.02 Å². The SMILES string of the molecule is O=C(COC(=O)CCc1ncc(-c2ccc(F)cc2F)o1)Nc1ccc(Cl)cc1[N+](=O)[O-]. The maximum atomic E-state index is 13.8. The number of nitrogens with one attached hydrogen (secondary N) is 1. The van der Waals surface area contributed by atoms with E-state index >= 15 is 0 Å². The molecule has 0 spiro atoms. The number of aryl methyl sites for hydroxylation is 1. The normalized spacial score (nSPS) is 10.6. The van der Waals surface area contributed by atoms with E-state index in [1.54, 1.807) is 0 Å². The van der Waals surface area contributed by atoms with Crippen LogP contribution >= 0.6 is 11.6 Å². The fraction of sp³-hybridized carbons (Fsp3) is 0.150. The molecule has 0 radical (unpaired) electrons. The third-order valence-electron chi connectivity index (χ3n) is 4.09. The van der Waals surface area contributed by atoms with Crippen molar-refractivity contribution in [2.75, 3.05) is 11.9 Å². The monoisotopic (exact) mass is 465 g/mol. The summed E-state index contributed by atoms with van der Waals surface area (Å²) in [6, 6.07) is 6.67. The number of ether oxygens (including phenoxy) is 1. The molecule has 12 heteroatoms. The van der Waals surface area contributed by atoms with E-state index in [0.29, 0.717) is 6.07 Å². The Hall–Kier alpha value is -3.86. The summed E-state index contributed by atoms with van der Waals surface area (Å²) in [5.41, 5.74) is -0.490. The van der Waals surface area contributed by atoms with Crippen LogP contribution < -0.4 is 5.32 Å². The molecule has 0 fully saturated rings. The molecule has 0 saturated heterocycles. The first-order valence-electron chi connectivity index (χ1n) is 9.02. The van der Waals surface area contributed by atoms with Gasteiger partial charge >= 0.3 is 5.97 Å². The van der Waals surface area contributed by atoms with Crippen LogP contribution in [-0.4, -0.2) is 28.4 Å². The van der Waals surface area contributed by atoms with Crippen LogP contribution in [0, 0.1) is 21.7 Å². The summed E-state index contributed by atoms with van der Waals surface area (Å²) < 4.78 is 37.0. The van der Waals surface area contributed by atoms with Gasteiger partial charge in [0.15, 0.2) is 18.3 Å². The van der Waals surface area contributed by atoms with Gasteiger partial charge < -0.3 is 14.5 Å². The van der Waals surface area contributed by atoms with Crippen molar-refractivity contribution in [3.8, 4) is 11.3 Å². The summed E-state index contributed by atoms with van der Waals surface area (Å²) in [5.74, 6) is -2.91. The molecule has 1 amide bonds. The minimum absolute atomic E-state index is 0.00588. The van der Waals surface area contributed by atoms with Gasteiger partial charge in [-0.2, -0.15) is 0 Å². The highest BCUT2D eigenvalue weighted by atomic mass is 35.5. The molecule has 166 valence electrons. The average molecular weight is 466 g/mol. The number of carbonyl (C=O) groups is 2. The van der Waals surface area contributed by atoms with Gasteiger partial charge in [-0.1, -0.05) is 11.6 Å². The number of anilines is 1. The molecule has 3 rings (SSSR count). The van der Waals surface area contributed by atoms with Gasteiger partial charge in [0.2, 0.25) is 0 Å².